The molecule has 0 spiro atoms. The van der Waals surface area contributed by atoms with Crippen LogP contribution in [-0.4, -0.2) is 24.8 Å². The number of nitrogens with two attached hydrogens (primary N) is 1. The van der Waals surface area contributed by atoms with E-state index in [-0.39, 0.29) is 11.9 Å². The Balaban J connectivity index is 2.55. The first-order valence-corrected chi connectivity index (χ1v) is 7.28. The molecule has 1 aromatic rings. The largest absolute Gasteiger partial charge is 0.496 e. The number of benzene rings is 1. The van der Waals surface area contributed by atoms with E-state index in [4.69, 9.17) is 10.5 Å². The van der Waals surface area contributed by atoms with E-state index >= 15 is 0 Å². The predicted molar refractivity (Wildman–Crippen MR) is 80.6 cm³/mol. The molecular weight excluding hydrogens is 260 g/mol. The molecule has 0 aliphatic carbocycles. The Kier molecular flexibility index (Phi) is 6.02. The van der Waals surface area contributed by atoms with Gasteiger partial charge in [0.25, 0.3) is 0 Å². The van der Waals surface area contributed by atoms with Gasteiger partial charge in [-0.1, -0.05) is 13.8 Å². The van der Waals surface area contributed by atoms with Crippen molar-refractivity contribution in [3.05, 3.63) is 18.2 Å². The number of amides is 1. The fraction of sp³-hybridized carbons (Fsp3) is 0.500. The molecule has 5 heteroatoms. The fourth-order valence-electron chi connectivity index (χ4n) is 1.41. The molecule has 1 aromatic carbocycles. The van der Waals surface area contributed by atoms with E-state index in [1.807, 2.05) is 13.0 Å². The lowest BCUT2D eigenvalue weighted by Gasteiger charge is -2.17. The molecule has 1 rings (SSSR count). The highest BCUT2D eigenvalue weighted by Gasteiger charge is 2.12. The molecule has 0 aliphatic rings. The topological polar surface area (TPSA) is 64.3 Å². The van der Waals surface area contributed by atoms with Crippen molar-refractivity contribution < 1.29 is 9.53 Å². The monoisotopic (exact) mass is 282 g/mol. The molecule has 0 fully saturated rings. The number of nitrogens with one attached hydrogen (secondary N) is 1. The van der Waals surface area contributed by atoms with E-state index in [1.54, 1.807) is 19.2 Å². The third-order valence-corrected chi connectivity index (χ3v) is 3.99. The maximum absolute atomic E-state index is 11.8. The third-order valence-electron chi connectivity index (χ3n) is 2.94. The zero-order valence-corrected chi connectivity index (χ0v) is 12.7. The number of carbonyl (C=O) groups excluding carboxylic acids is 1. The molecule has 106 valence electrons. The van der Waals surface area contributed by atoms with E-state index < -0.39 is 0 Å². The second-order valence-corrected chi connectivity index (χ2v) is 5.82. The van der Waals surface area contributed by atoms with Crippen LogP contribution in [0.3, 0.4) is 0 Å². The summed E-state index contributed by atoms with van der Waals surface area (Å²) in [6.07, 6.45) is 0. The number of hydrogen-bond donors (Lipinski definition) is 2. The average Bonchev–Trinajstić information content (AvgIpc) is 2.36. The van der Waals surface area contributed by atoms with E-state index in [2.05, 4.69) is 19.2 Å². The maximum Gasteiger partial charge on any atom is 0.230 e. The lowest BCUT2D eigenvalue weighted by atomic mass is 10.1. The Morgan fingerprint density at radius 3 is 2.68 bits per heavy atom. The minimum Gasteiger partial charge on any atom is -0.496 e. The molecule has 19 heavy (non-hydrogen) atoms. The highest BCUT2D eigenvalue weighted by Crippen LogP contribution is 2.30. The van der Waals surface area contributed by atoms with Gasteiger partial charge in [-0.05, 0) is 25.0 Å². The average molecular weight is 282 g/mol. The van der Waals surface area contributed by atoms with E-state index in [1.165, 1.54) is 11.8 Å². The van der Waals surface area contributed by atoms with Gasteiger partial charge in [0.05, 0.1) is 12.9 Å². The summed E-state index contributed by atoms with van der Waals surface area (Å²) >= 11 is 1.45. The predicted octanol–water partition coefficient (Wildman–Crippen LogP) is 2.53. The summed E-state index contributed by atoms with van der Waals surface area (Å²) in [6, 6.07) is 5.62. The molecule has 0 radical (unpaired) electrons. The second kappa shape index (κ2) is 7.28. The van der Waals surface area contributed by atoms with Crippen LogP contribution in [0.5, 0.6) is 5.75 Å². The van der Waals surface area contributed by atoms with Gasteiger partial charge < -0.3 is 15.8 Å². The molecule has 0 aliphatic heterocycles. The summed E-state index contributed by atoms with van der Waals surface area (Å²) in [5, 5.41) is 2.97. The molecule has 1 amide bonds. The Bertz CT molecular complexity index is 435. The van der Waals surface area contributed by atoms with Crippen LogP contribution in [0.25, 0.3) is 0 Å². The summed E-state index contributed by atoms with van der Waals surface area (Å²) in [5.41, 5.74) is 6.34. The van der Waals surface area contributed by atoms with Gasteiger partial charge in [0, 0.05) is 22.7 Å². The first-order chi connectivity index (χ1) is 8.93. The number of methoxy groups -OCH3 is 1. The highest BCUT2D eigenvalue weighted by atomic mass is 32.2. The van der Waals surface area contributed by atoms with Crippen LogP contribution in [0.15, 0.2) is 23.1 Å². The van der Waals surface area contributed by atoms with Crippen molar-refractivity contribution >= 4 is 23.4 Å². The third kappa shape index (κ3) is 5.03. The van der Waals surface area contributed by atoms with Crippen LogP contribution in [0, 0.1) is 5.92 Å². The quantitative estimate of drug-likeness (QED) is 0.621. The molecular formula is C14H22N2O2S. The molecule has 0 saturated carbocycles. The molecule has 1 atom stereocenters. The van der Waals surface area contributed by atoms with E-state index in [0.29, 0.717) is 23.1 Å². The lowest BCUT2D eigenvalue weighted by molar-refractivity contribution is -0.119. The van der Waals surface area contributed by atoms with Crippen LogP contribution in [-0.2, 0) is 4.79 Å². The number of rotatable bonds is 6. The maximum atomic E-state index is 11.8. The first-order valence-electron chi connectivity index (χ1n) is 6.29. The summed E-state index contributed by atoms with van der Waals surface area (Å²) in [6.45, 7) is 6.18. The summed E-state index contributed by atoms with van der Waals surface area (Å²) in [5.74, 6) is 1.54. The number of thioether (sulfide) groups is 1. The number of ether oxygens (including phenoxy) is 1. The molecule has 0 bridgehead atoms. The van der Waals surface area contributed by atoms with Crippen LogP contribution < -0.4 is 15.8 Å². The van der Waals surface area contributed by atoms with Crippen molar-refractivity contribution in [3.63, 3.8) is 0 Å². The molecule has 4 nitrogen and oxygen atoms in total. The standard InChI is InChI=1S/C14H22N2O2S/c1-9(2)10(3)16-14(17)8-19-13-6-5-11(15)7-12(13)18-4/h5-7,9-10H,8,15H2,1-4H3,(H,16,17). The Hall–Kier alpha value is -1.36. The Morgan fingerprint density at radius 2 is 2.11 bits per heavy atom. The van der Waals surface area contributed by atoms with E-state index in [0.717, 1.165) is 4.90 Å². The van der Waals surface area contributed by atoms with Crippen molar-refractivity contribution in [3.8, 4) is 5.75 Å². The summed E-state index contributed by atoms with van der Waals surface area (Å²) < 4.78 is 5.25. The molecule has 1 unspecified atom stereocenters. The lowest BCUT2D eigenvalue weighted by Crippen LogP contribution is -2.37. The van der Waals surface area contributed by atoms with Gasteiger partial charge in [0.2, 0.25) is 5.91 Å². The van der Waals surface area contributed by atoms with Gasteiger partial charge in [-0.25, -0.2) is 0 Å². The van der Waals surface area contributed by atoms with Crippen molar-refractivity contribution in [1.82, 2.24) is 5.32 Å². The summed E-state index contributed by atoms with van der Waals surface area (Å²) in [4.78, 5) is 12.7. The smallest absolute Gasteiger partial charge is 0.230 e. The number of nitrogen functional groups attached to an aromatic ring is 1. The zero-order chi connectivity index (χ0) is 14.4. The Morgan fingerprint density at radius 1 is 1.42 bits per heavy atom. The highest BCUT2D eigenvalue weighted by molar-refractivity contribution is 8.00. The molecule has 3 N–H and O–H groups in total. The Labute approximate surface area is 119 Å². The number of hydrogen-bond acceptors (Lipinski definition) is 4. The van der Waals surface area contributed by atoms with Crippen molar-refractivity contribution in [2.45, 2.75) is 31.7 Å². The molecule has 0 aromatic heterocycles. The number of carbonyl (C=O) groups is 1. The number of anilines is 1. The zero-order valence-electron chi connectivity index (χ0n) is 11.9. The minimum atomic E-state index is 0.0325. The first kappa shape index (κ1) is 15.7. The fourth-order valence-corrected chi connectivity index (χ4v) is 2.23. The van der Waals surface area contributed by atoms with Crippen LogP contribution in [0.2, 0.25) is 0 Å². The van der Waals surface area contributed by atoms with Gasteiger partial charge in [-0.2, -0.15) is 0 Å². The van der Waals surface area contributed by atoms with Crippen LogP contribution in [0.4, 0.5) is 5.69 Å². The van der Waals surface area contributed by atoms with Crippen molar-refractivity contribution in [1.29, 1.82) is 0 Å². The summed E-state index contributed by atoms with van der Waals surface area (Å²) in [7, 11) is 1.60. The minimum absolute atomic E-state index is 0.0325. The van der Waals surface area contributed by atoms with Crippen molar-refractivity contribution in [2.24, 2.45) is 5.92 Å². The SMILES string of the molecule is COc1cc(N)ccc1SCC(=O)NC(C)C(C)C. The molecule has 0 heterocycles. The molecule has 0 saturated heterocycles. The van der Waals surface area contributed by atoms with Crippen LogP contribution in [0.1, 0.15) is 20.8 Å². The second-order valence-electron chi connectivity index (χ2n) is 4.80. The van der Waals surface area contributed by atoms with Gasteiger partial charge in [-0.15, -0.1) is 11.8 Å². The normalized spacial score (nSPS) is 12.3. The van der Waals surface area contributed by atoms with E-state index in [9.17, 15) is 4.79 Å². The van der Waals surface area contributed by atoms with Crippen molar-refractivity contribution in [2.75, 3.05) is 18.6 Å². The van der Waals surface area contributed by atoms with Gasteiger partial charge in [-0.3, -0.25) is 4.79 Å². The van der Waals surface area contributed by atoms with Gasteiger partial charge in [0.15, 0.2) is 0 Å². The van der Waals surface area contributed by atoms with Gasteiger partial charge in [0.1, 0.15) is 5.75 Å². The van der Waals surface area contributed by atoms with Gasteiger partial charge >= 0.3 is 0 Å². The van der Waals surface area contributed by atoms with Crippen LogP contribution >= 0.6 is 11.8 Å².